The minimum atomic E-state index is -2.60. The van der Waals surface area contributed by atoms with Gasteiger partial charge in [-0.1, -0.05) is 18.7 Å². The molecule has 1 unspecified atom stereocenters. The molecule has 2 nitrogen and oxygen atoms in total. The predicted molar refractivity (Wildman–Crippen MR) is 35.3 cm³/mol. The molecule has 1 atom stereocenters. The second-order valence-electron chi connectivity index (χ2n) is 1.63. The summed E-state index contributed by atoms with van der Waals surface area (Å²) < 4.78 is 23.1. The van der Waals surface area contributed by atoms with Crippen molar-refractivity contribution in [2.45, 2.75) is 24.4 Å². The number of halogens is 2. The lowest BCUT2D eigenvalue weighted by Gasteiger charge is -2.06. The van der Waals surface area contributed by atoms with Crippen LogP contribution in [0.4, 0.5) is 8.78 Å². The van der Waals surface area contributed by atoms with Crippen LogP contribution in [0, 0.1) is 0 Å². The van der Waals surface area contributed by atoms with Gasteiger partial charge in [-0.2, -0.15) is 8.78 Å². The van der Waals surface area contributed by atoms with E-state index in [1.807, 2.05) is 0 Å². The van der Waals surface area contributed by atoms with Gasteiger partial charge in [0.25, 0.3) is 5.76 Å². The van der Waals surface area contributed by atoms with Crippen LogP contribution in [0.5, 0.6) is 0 Å². The second kappa shape index (κ2) is 4.49. The van der Waals surface area contributed by atoms with Crippen LogP contribution >= 0.6 is 11.8 Å². The molecule has 0 aliphatic rings. The first-order valence-corrected chi connectivity index (χ1v) is 3.68. The molecule has 0 saturated heterocycles. The van der Waals surface area contributed by atoms with Crippen LogP contribution in [-0.2, 0) is 4.79 Å². The minimum absolute atomic E-state index is 0.175. The van der Waals surface area contributed by atoms with E-state index in [0.717, 1.165) is 0 Å². The van der Waals surface area contributed by atoms with Crippen molar-refractivity contribution in [3.8, 4) is 0 Å². The van der Waals surface area contributed by atoms with Crippen molar-refractivity contribution in [1.82, 2.24) is 0 Å². The Morgan fingerprint density at radius 3 is 2.30 bits per heavy atom. The van der Waals surface area contributed by atoms with Crippen molar-refractivity contribution >= 4 is 17.7 Å². The number of carboxylic acids is 1. The van der Waals surface area contributed by atoms with Crippen LogP contribution in [0.2, 0.25) is 0 Å². The minimum Gasteiger partial charge on any atom is -0.480 e. The number of thioether (sulfide) groups is 1. The zero-order chi connectivity index (χ0) is 8.15. The molecule has 1 N–H and O–H groups in total. The summed E-state index contributed by atoms with van der Waals surface area (Å²) in [5.74, 6) is -3.77. The van der Waals surface area contributed by atoms with Crippen LogP contribution in [0.25, 0.3) is 0 Å². The third-order valence-corrected chi connectivity index (χ3v) is 1.98. The van der Waals surface area contributed by atoms with Crippen molar-refractivity contribution in [1.29, 1.82) is 0 Å². The van der Waals surface area contributed by atoms with Gasteiger partial charge in [-0.05, 0) is 6.42 Å². The van der Waals surface area contributed by atoms with E-state index < -0.39 is 17.0 Å². The van der Waals surface area contributed by atoms with E-state index in [0.29, 0.717) is 0 Å². The monoisotopic (exact) mass is 170 g/mol. The summed E-state index contributed by atoms with van der Waals surface area (Å²) in [6, 6.07) is 0. The highest BCUT2D eigenvalue weighted by molar-refractivity contribution is 8.00. The topological polar surface area (TPSA) is 37.3 Å². The second-order valence-corrected chi connectivity index (χ2v) is 2.83. The van der Waals surface area contributed by atoms with E-state index in [1.165, 1.54) is 0 Å². The van der Waals surface area contributed by atoms with Crippen LogP contribution in [0.1, 0.15) is 13.3 Å². The molecule has 0 spiro atoms. The fraction of sp³-hybridized carbons (Fsp3) is 0.800. The molecule has 0 bridgehead atoms. The first kappa shape index (κ1) is 9.68. The maximum Gasteiger partial charge on any atom is 0.316 e. The molecule has 0 radical (unpaired) electrons. The number of carboxylic acid groups (broad SMARTS) is 1. The fourth-order valence-electron chi connectivity index (χ4n) is 0.453. The highest BCUT2D eigenvalue weighted by Crippen LogP contribution is 2.22. The number of hydrogen-bond donors (Lipinski definition) is 1. The van der Waals surface area contributed by atoms with Crippen molar-refractivity contribution in [2.24, 2.45) is 0 Å². The van der Waals surface area contributed by atoms with E-state index in [9.17, 15) is 13.6 Å². The molecule has 0 saturated carbocycles. The molecule has 0 heterocycles. The Kier molecular flexibility index (Phi) is 4.34. The number of aliphatic carboxylic acids is 1. The first-order valence-electron chi connectivity index (χ1n) is 2.74. The van der Waals surface area contributed by atoms with E-state index in [1.54, 1.807) is 6.92 Å². The molecule has 60 valence electrons. The van der Waals surface area contributed by atoms with Crippen molar-refractivity contribution in [3.63, 3.8) is 0 Å². The van der Waals surface area contributed by atoms with E-state index in [-0.39, 0.29) is 18.2 Å². The summed E-state index contributed by atoms with van der Waals surface area (Å²) in [4.78, 5) is 10.1. The van der Waals surface area contributed by atoms with Gasteiger partial charge in [0.05, 0.1) is 0 Å². The Morgan fingerprint density at radius 2 is 2.20 bits per heavy atom. The van der Waals surface area contributed by atoms with E-state index in [4.69, 9.17) is 5.11 Å². The highest BCUT2D eigenvalue weighted by Gasteiger charge is 2.20. The third-order valence-electron chi connectivity index (χ3n) is 0.913. The van der Waals surface area contributed by atoms with Gasteiger partial charge in [-0.15, -0.1) is 0 Å². The molecule has 0 aliphatic carbocycles. The normalized spacial score (nSPS) is 13.6. The number of hydrogen-bond acceptors (Lipinski definition) is 2. The molecule has 10 heavy (non-hydrogen) atoms. The highest BCUT2D eigenvalue weighted by atomic mass is 32.2. The summed E-state index contributed by atoms with van der Waals surface area (Å²) in [7, 11) is 0. The fourth-order valence-corrected chi connectivity index (χ4v) is 1.01. The van der Waals surface area contributed by atoms with Crippen LogP contribution in [0.3, 0.4) is 0 Å². The molecule has 0 amide bonds. The predicted octanol–water partition coefficient (Wildman–Crippen LogP) is 1.81. The maximum atomic E-state index is 11.5. The molecule has 5 heteroatoms. The van der Waals surface area contributed by atoms with E-state index in [2.05, 4.69) is 0 Å². The van der Waals surface area contributed by atoms with Crippen molar-refractivity contribution < 1.29 is 18.7 Å². The largest absolute Gasteiger partial charge is 0.480 e. The SMILES string of the molecule is CCC(SC(F)F)C(=O)O. The lowest BCUT2D eigenvalue weighted by atomic mass is 10.3. The van der Waals surface area contributed by atoms with Gasteiger partial charge in [0.1, 0.15) is 5.25 Å². The molecular formula is C5H8F2O2S. The Labute approximate surface area is 61.6 Å². The Morgan fingerprint density at radius 1 is 1.70 bits per heavy atom. The third kappa shape index (κ3) is 3.66. The maximum absolute atomic E-state index is 11.5. The molecule has 0 aromatic heterocycles. The van der Waals surface area contributed by atoms with Crippen molar-refractivity contribution in [2.75, 3.05) is 0 Å². The Balaban J connectivity index is 3.72. The van der Waals surface area contributed by atoms with Gasteiger partial charge in [-0.25, -0.2) is 0 Å². The van der Waals surface area contributed by atoms with Gasteiger partial charge in [0, 0.05) is 0 Å². The molecule has 0 fully saturated rings. The molecule has 0 rings (SSSR count). The summed E-state index contributed by atoms with van der Waals surface area (Å²) >= 11 is 0.175. The average Bonchev–Trinajstić information content (AvgIpc) is 1.81. The number of alkyl halides is 2. The molecule has 0 aromatic carbocycles. The zero-order valence-electron chi connectivity index (χ0n) is 5.38. The molecule has 0 aliphatic heterocycles. The van der Waals surface area contributed by atoms with Gasteiger partial charge >= 0.3 is 5.97 Å². The lowest BCUT2D eigenvalue weighted by Crippen LogP contribution is -2.16. The summed E-state index contributed by atoms with van der Waals surface area (Å²) in [5, 5.41) is 7.30. The summed E-state index contributed by atoms with van der Waals surface area (Å²) in [5.41, 5.74) is 0. The van der Waals surface area contributed by atoms with Gasteiger partial charge in [0.15, 0.2) is 0 Å². The smallest absolute Gasteiger partial charge is 0.316 e. The van der Waals surface area contributed by atoms with Gasteiger partial charge in [-0.3, -0.25) is 4.79 Å². The van der Waals surface area contributed by atoms with Crippen LogP contribution in [-0.4, -0.2) is 22.1 Å². The van der Waals surface area contributed by atoms with Crippen molar-refractivity contribution in [3.05, 3.63) is 0 Å². The lowest BCUT2D eigenvalue weighted by molar-refractivity contribution is -0.136. The standard InChI is InChI=1S/C5H8F2O2S/c1-2-3(4(8)9)10-5(6)7/h3,5H,2H2,1H3,(H,8,9). The molecular weight excluding hydrogens is 162 g/mol. The average molecular weight is 170 g/mol. The summed E-state index contributed by atoms with van der Waals surface area (Å²) in [6.07, 6.45) is 0.227. The quantitative estimate of drug-likeness (QED) is 0.699. The van der Waals surface area contributed by atoms with Crippen LogP contribution in [0.15, 0.2) is 0 Å². The summed E-state index contributed by atoms with van der Waals surface area (Å²) in [6.45, 7) is 1.56. The van der Waals surface area contributed by atoms with Crippen LogP contribution < -0.4 is 0 Å². The molecule has 0 aromatic rings. The zero-order valence-corrected chi connectivity index (χ0v) is 6.20. The number of rotatable bonds is 4. The number of carbonyl (C=O) groups is 1. The Hall–Kier alpha value is -0.320. The van der Waals surface area contributed by atoms with Gasteiger partial charge in [0.2, 0.25) is 0 Å². The van der Waals surface area contributed by atoms with E-state index >= 15 is 0 Å². The van der Waals surface area contributed by atoms with Gasteiger partial charge < -0.3 is 5.11 Å². The Bertz CT molecular complexity index is 118. The first-order chi connectivity index (χ1) is 4.57.